The molecule has 7 nitrogen and oxygen atoms in total. The Morgan fingerprint density at radius 1 is 1.24 bits per heavy atom. The van der Waals surface area contributed by atoms with Crippen LogP contribution >= 0.6 is 0 Å². The Bertz CT molecular complexity index is 790. The Morgan fingerprint density at radius 2 is 1.86 bits per heavy atom. The second-order valence-corrected chi connectivity index (χ2v) is 4.56. The molecule has 0 bridgehead atoms. The number of rotatable bonds is 3. The lowest BCUT2D eigenvalue weighted by atomic mass is 10.2. The third-order valence-electron chi connectivity index (χ3n) is 3.22. The van der Waals surface area contributed by atoms with Gasteiger partial charge in [0, 0.05) is 14.1 Å². The minimum atomic E-state index is -0.707. The summed E-state index contributed by atoms with van der Waals surface area (Å²) in [5.74, 6) is -0.749. The molecule has 0 fully saturated rings. The van der Waals surface area contributed by atoms with Crippen molar-refractivity contribution >= 4 is 11.7 Å². The molecule has 0 radical (unpaired) electrons. The fourth-order valence-electron chi connectivity index (χ4n) is 2.04. The molecule has 0 aliphatic carbocycles. The molecule has 0 aliphatic rings. The normalized spacial score (nSPS) is 10.4. The van der Waals surface area contributed by atoms with Crippen LogP contribution in [0.3, 0.4) is 0 Å². The van der Waals surface area contributed by atoms with Gasteiger partial charge in [-0.15, -0.1) is 0 Å². The van der Waals surface area contributed by atoms with E-state index >= 15 is 0 Å². The number of aromatic nitrogens is 2. The van der Waals surface area contributed by atoms with Gasteiger partial charge >= 0.3 is 5.69 Å². The predicted octanol–water partition coefficient (Wildman–Crippen LogP) is -0.463. The van der Waals surface area contributed by atoms with E-state index < -0.39 is 17.2 Å². The highest BCUT2D eigenvalue weighted by molar-refractivity contribution is 5.97. The first-order valence-corrected chi connectivity index (χ1v) is 6.32. The molecule has 0 spiro atoms. The molecule has 0 aliphatic heterocycles. The fraction of sp³-hybridized carbons (Fsp3) is 0.214. The lowest BCUT2D eigenvalue weighted by molar-refractivity contribution is 0.0961. The van der Waals surface area contributed by atoms with E-state index in [1.54, 1.807) is 0 Å². The summed E-state index contributed by atoms with van der Waals surface area (Å²) in [4.78, 5) is 36.0. The van der Waals surface area contributed by atoms with Gasteiger partial charge < -0.3 is 11.1 Å². The largest absolute Gasteiger partial charge is 0.384 e. The van der Waals surface area contributed by atoms with E-state index in [4.69, 9.17) is 5.73 Å². The Balaban J connectivity index is 2.67. The summed E-state index contributed by atoms with van der Waals surface area (Å²) < 4.78 is 2.09. The van der Waals surface area contributed by atoms with Crippen LogP contribution in [0.15, 0.2) is 39.9 Å². The van der Waals surface area contributed by atoms with Crippen LogP contribution in [0.2, 0.25) is 0 Å². The number of hydrogen-bond donors (Lipinski definition) is 2. The predicted molar refractivity (Wildman–Crippen MR) is 79.3 cm³/mol. The number of nitrogens with one attached hydrogen (secondary N) is 1. The van der Waals surface area contributed by atoms with Crippen molar-refractivity contribution in [2.24, 2.45) is 7.05 Å². The van der Waals surface area contributed by atoms with Crippen molar-refractivity contribution in [1.29, 1.82) is 0 Å². The molecular formula is C14H16N4O3. The van der Waals surface area contributed by atoms with E-state index in [9.17, 15) is 14.4 Å². The van der Waals surface area contributed by atoms with E-state index in [0.717, 1.165) is 10.1 Å². The SMILES string of the molecule is CNC(=O)c1c(N)n(Cc2ccccc2)c(=O)n(C)c1=O. The van der Waals surface area contributed by atoms with E-state index in [1.807, 2.05) is 30.3 Å². The molecule has 1 aromatic heterocycles. The van der Waals surface area contributed by atoms with Gasteiger partial charge in [-0.05, 0) is 5.56 Å². The van der Waals surface area contributed by atoms with Crippen LogP contribution in [-0.4, -0.2) is 22.1 Å². The lowest BCUT2D eigenvalue weighted by Crippen LogP contribution is -2.44. The standard InChI is InChI=1S/C14H16N4O3/c1-16-12(19)10-11(15)18(14(21)17(2)13(10)20)8-9-6-4-3-5-7-9/h3-7H,8,15H2,1-2H3,(H,16,19). The quantitative estimate of drug-likeness (QED) is 0.798. The molecule has 1 aromatic carbocycles. The van der Waals surface area contributed by atoms with E-state index in [1.165, 1.54) is 18.7 Å². The first-order chi connectivity index (χ1) is 9.97. The Kier molecular flexibility index (Phi) is 3.93. The Hall–Kier alpha value is -2.83. The van der Waals surface area contributed by atoms with Crippen LogP contribution in [0.1, 0.15) is 15.9 Å². The van der Waals surface area contributed by atoms with Gasteiger partial charge in [0.05, 0.1) is 6.54 Å². The van der Waals surface area contributed by atoms with Crippen molar-refractivity contribution in [3.05, 3.63) is 62.3 Å². The van der Waals surface area contributed by atoms with Crippen molar-refractivity contribution in [1.82, 2.24) is 14.5 Å². The maximum atomic E-state index is 12.2. The van der Waals surface area contributed by atoms with Gasteiger partial charge in [-0.25, -0.2) is 4.79 Å². The number of nitrogens with two attached hydrogens (primary N) is 1. The molecule has 2 aromatic rings. The number of anilines is 1. The average molecular weight is 288 g/mol. The van der Waals surface area contributed by atoms with Gasteiger partial charge in [0.2, 0.25) is 0 Å². The molecule has 0 atom stereocenters. The monoisotopic (exact) mass is 288 g/mol. The number of amides is 1. The molecule has 1 heterocycles. The lowest BCUT2D eigenvalue weighted by Gasteiger charge is -2.14. The molecule has 3 N–H and O–H groups in total. The van der Waals surface area contributed by atoms with Crippen molar-refractivity contribution in [3.8, 4) is 0 Å². The third kappa shape index (κ3) is 2.58. The smallest absolute Gasteiger partial charge is 0.332 e. The molecule has 0 saturated heterocycles. The molecule has 0 unspecified atom stereocenters. The number of carbonyl (C=O) groups is 1. The average Bonchev–Trinajstić information content (AvgIpc) is 2.50. The zero-order valence-electron chi connectivity index (χ0n) is 11.8. The summed E-state index contributed by atoms with van der Waals surface area (Å²) in [6.45, 7) is 0.184. The topological polar surface area (TPSA) is 99.1 Å². The van der Waals surface area contributed by atoms with Gasteiger partial charge in [0.1, 0.15) is 11.4 Å². The molecule has 1 amide bonds. The molecule has 2 rings (SSSR count). The first kappa shape index (κ1) is 14.6. The summed E-state index contributed by atoms with van der Waals surface area (Å²) in [7, 11) is 2.71. The number of benzene rings is 1. The highest BCUT2D eigenvalue weighted by atomic mass is 16.2. The highest BCUT2D eigenvalue weighted by Gasteiger charge is 2.20. The Morgan fingerprint density at radius 3 is 2.43 bits per heavy atom. The summed E-state index contributed by atoms with van der Waals surface area (Å²) >= 11 is 0. The summed E-state index contributed by atoms with van der Waals surface area (Å²) in [5.41, 5.74) is 5.21. The minimum Gasteiger partial charge on any atom is -0.384 e. The van der Waals surface area contributed by atoms with Gasteiger partial charge in [0.15, 0.2) is 0 Å². The summed E-state index contributed by atoms with van der Waals surface area (Å²) in [6.07, 6.45) is 0. The number of nitrogens with zero attached hydrogens (tertiary/aromatic N) is 2. The van der Waals surface area contributed by atoms with Crippen molar-refractivity contribution in [2.75, 3.05) is 12.8 Å². The molecule has 21 heavy (non-hydrogen) atoms. The zero-order valence-corrected chi connectivity index (χ0v) is 11.8. The van der Waals surface area contributed by atoms with Crippen LogP contribution in [0.25, 0.3) is 0 Å². The Labute approximate surface area is 120 Å². The van der Waals surface area contributed by atoms with Crippen molar-refractivity contribution in [2.45, 2.75) is 6.54 Å². The van der Waals surface area contributed by atoms with E-state index in [2.05, 4.69) is 5.32 Å². The van der Waals surface area contributed by atoms with Gasteiger partial charge in [-0.3, -0.25) is 18.7 Å². The van der Waals surface area contributed by atoms with Crippen LogP contribution in [0.4, 0.5) is 5.82 Å². The summed E-state index contributed by atoms with van der Waals surface area (Å²) in [5, 5.41) is 2.35. The number of carbonyl (C=O) groups excluding carboxylic acids is 1. The van der Waals surface area contributed by atoms with Gasteiger partial charge in [-0.2, -0.15) is 0 Å². The number of nitrogen functional groups attached to an aromatic ring is 1. The highest BCUT2D eigenvalue weighted by Crippen LogP contribution is 2.08. The zero-order chi connectivity index (χ0) is 15.6. The van der Waals surface area contributed by atoms with E-state index in [-0.39, 0.29) is 17.9 Å². The second-order valence-electron chi connectivity index (χ2n) is 4.56. The van der Waals surface area contributed by atoms with Gasteiger partial charge in [-0.1, -0.05) is 30.3 Å². The van der Waals surface area contributed by atoms with E-state index in [0.29, 0.717) is 0 Å². The molecule has 7 heteroatoms. The molecule has 0 saturated carbocycles. The summed E-state index contributed by atoms with van der Waals surface area (Å²) in [6, 6.07) is 9.18. The maximum Gasteiger partial charge on any atom is 0.332 e. The first-order valence-electron chi connectivity index (χ1n) is 6.32. The molecule has 110 valence electrons. The minimum absolute atomic E-state index is 0.133. The van der Waals surface area contributed by atoms with Crippen LogP contribution in [0.5, 0.6) is 0 Å². The van der Waals surface area contributed by atoms with Crippen molar-refractivity contribution < 1.29 is 4.79 Å². The van der Waals surface area contributed by atoms with Crippen LogP contribution in [-0.2, 0) is 13.6 Å². The second kappa shape index (κ2) is 5.66. The van der Waals surface area contributed by atoms with Crippen LogP contribution < -0.4 is 22.3 Å². The molecular weight excluding hydrogens is 272 g/mol. The number of hydrogen-bond acceptors (Lipinski definition) is 4. The van der Waals surface area contributed by atoms with Crippen molar-refractivity contribution in [3.63, 3.8) is 0 Å². The maximum absolute atomic E-state index is 12.2. The third-order valence-corrected chi connectivity index (χ3v) is 3.22. The fourth-order valence-corrected chi connectivity index (χ4v) is 2.04. The van der Waals surface area contributed by atoms with Gasteiger partial charge in [0.25, 0.3) is 11.5 Å². The van der Waals surface area contributed by atoms with Crippen LogP contribution in [0, 0.1) is 0 Å².